The fraction of sp³-hybridized carbons (Fsp3) is 0.294. The summed E-state index contributed by atoms with van der Waals surface area (Å²) in [6, 6.07) is 11.6. The third-order valence-corrected chi connectivity index (χ3v) is 3.23. The molecule has 0 aliphatic rings. The number of amides is 1. The Morgan fingerprint density at radius 3 is 2.64 bits per heavy atom. The van der Waals surface area contributed by atoms with Gasteiger partial charge < -0.3 is 15.4 Å². The van der Waals surface area contributed by atoms with Gasteiger partial charge in [-0.1, -0.05) is 18.2 Å². The van der Waals surface area contributed by atoms with Gasteiger partial charge in [0, 0.05) is 38.4 Å². The standard InChI is InChI=1S/C17H21N3O2/c1-22-16-6-4-14(5-7-16)13-20-17(21)8-10-19-12-15-3-2-9-18-11-15/h2-7,9,11,19H,8,10,12-13H2,1H3,(H,20,21). The number of aromatic nitrogens is 1. The average Bonchev–Trinajstić information content (AvgIpc) is 2.58. The summed E-state index contributed by atoms with van der Waals surface area (Å²) in [7, 11) is 1.63. The van der Waals surface area contributed by atoms with Crippen LogP contribution >= 0.6 is 0 Å². The summed E-state index contributed by atoms with van der Waals surface area (Å²) in [6.45, 7) is 1.90. The van der Waals surface area contributed by atoms with Crippen LogP contribution in [0.5, 0.6) is 5.75 Å². The van der Waals surface area contributed by atoms with Gasteiger partial charge in [-0.05, 0) is 29.3 Å². The van der Waals surface area contributed by atoms with Crippen molar-refractivity contribution in [3.63, 3.8) is 0 Å². The summed E-state index contributed by atoms with van der Waals surface area (Å²) >= 11 is 0. The summed E-state index contributed by atoms with van der Waals surface area (Å²) < 4.78 is 5.10. The van der Waals surface area contributed by atoms with Crippen molar-refractivity contribution in [2.24, 2.45) is 0 Å². The van der Waals surface area contributed by atoms with Gasteiger partial charge in [0.1, 0.15) is 5.75 Å². The fourth-order valence-electron chi connectivity index (χ4n) is 1.97. The predicted molar refractivity (Wildman–Crippen MR) is 85.4 cm³/mol. The molecule has 1 aromatic heterocycles. The van der Waals surface area contributed by atoms with E-state index in [1.165, 1.54) is 0 Å². The van der Waals surface area contributed by atoms with Crippen molar-refractivity contribution in [1.82, 2.24) is 15.6 Å². The Bertz CT molecular complexity index is 570. The number of pyridine rings is 1. The highest BCUT2D eigenvalue weighted by Crippen LogP contribution is 2.10. The summed E-state index contributed by atoms with van der Waals surface area (Å²) in [4.78, 5) is 15.8. The van der Waals surface area contributed by atoms with E-state index in [-0.39, 0.29) is 5.91 Å². The maximum absolute atomic E-state index is 11.8. The van der Waals surface area contributed by atoms with Crippen molar-refractivity contribution in [2.75, 3.05) is 13.7 Å². The van der Waals surface area contributed by atoms with Gasteiger partial charge in [0.15, 0.2) is 0 Å². The molecular formula is C17H21N3O2. The summed E-state index contributed by atoms with van der Waals surface area (Å²) in [5, 5.41) is 6.13. The van der Waals surface area contributed by atoms with E-state index in [4.69, 9.17) is 4.74 Å². The Kier molecular flexibility index (Phi) is 6.39. The lowest BCUT2D eigenvalue weighted by Gasteiger charge is -2.07. The number of carbonyl (C=O) groups excluding carboxylic acids is 1. The van der Waals surface area contributed by atoms with E-state index in [0.717, 1.165) is 23.4 Å². The maximum atomic E-state index is 11.8. The van der Waals surface area contributed by atoms with E-state index in [1.54, 1.807) is 13.3 Å². The highest BCUT2D eigenvalue weighted by Gasteiger charge is 2.01. The molecule has 0 saturated carbocycles. The molecule has 0 aliphatic carbocycles. The second kappa shape index (κ2) is 8.79. The highest BCUT2D eigenvalue weighted by molar-refractivity contribution is 5.76. The van der Waals surface area contributed by atoms with Crippen LogP contribution in [0.25, 0.3) is 0 Å². The first kappa shape index (κ1) is 16.0. The number of hydrogen-bond acceptors (Lipinski definition) is 4. The van der Waals surface area contributed by atoms with Crippen LogP contribution in [-0.2, 0) is 17.9 Å². The van der Waals surface area contributed by atoms with Crippen LogP contribution in [0.2, 0.25) is 0 Å². The van der Waals surface area contributed by atoms with E-state index >= 15 is 0 Å². The molecule has 0 fully saturated rings. The molecule has 0 saturated heterocycles. The minimum absolute atomic E-state index is 0.0366. The normalized spacial score (nSPS) is 10.2. The van der Waals surface area contributed by atoms with E-state index in [9.17, 15) is 4.79 Å². The Labute approximate surface area is 130 Å². The van der Waals surface area contributed by atoms with Crippen LogP contribution in [-0.4, -0.2) is 24.5 Å². The summed E-state index contributed by atoms with van der Waals surface area (Å²) in [6.07, 6.45) is 4.02. The number of methoxy groups -OCH3 is 1. The molecule has 22 heavy (non-hydrogen) atoms. The number of nitrogens with one attached hydrogen (secondary N) is 2. The molecule has 0 spiro atoms. The second-order valence-electron chi connectivity index (χ2n) is 4.91. The predicted octanol–water partition coefficient (Wildman–Crippen LogP) is 1.89. The van der Waals surface area contributed by atoms with Crippen LogP contribution in [0.15, 0.2) is 48.8 Å². The first-order valence-corrected chi connectivity index (χ1v) is 7.27. The highest BCUT2D eigenvalue weighted by atomic mass is 16.5. The minimum Gasteiger partial charge on any atom is -0.497 e. The number of rotatable bonds is 8. The largest absolute Gasteiger partial charge is 0.497 e. The monoisotopic (exact) mass is 299 g/mol. The minimum atomic E-state index is 0.0366. The van der Waals surface area contributed by atoms with E-state index in [1.807, 2.05) is 42.6 Å². The molecule has 116 valence electrons. The number of hydrogen-bond donors (Lipinski definition) is 2. The van der Waals surface area contributed by atoms with Crippen molar-refractivity contribution in [2.45, 2.75) is 19.5 Å². The molecule has 0 radical (unpaired) electrons. The van der Waals surface area contributed by atoms with Gasteiger partial charge in [-0.3, -0.25) is 9.78 Å². The van der Waals surface area contributed by atoms with Crippen molar-refractivity contribution in [3.8, 4) is 5.75 Å². The third-order valence-electron chi connectivity index (χ3n) is 3.23. The van der Waals surface area contributed by atoms with E-state index in [2.05, 4.69) is 15.6 Å². The van der Waals surface area contributed by atoms with Crippen molar-refractivity contribution < 1.29 is 9.53 Å². The Morgan fingerprint density at radius 1 is 1.14 bits per heavy atom. The average molecular weight is 299 g/mol. The van der Waals surface area contributed by atoms with E-state index < -0.39 is 0 Å². The smallest absolute Gasteiger partial charge is 0.221 e. The Hall–Kier alpha value is -2.40. The van der Waals surface area contributed by atoms with Crippen molar-refractivity contribution in [1.29, 1.82) is 0 Å². The van der Waals surface area contributed by atoms with Crippen LogP contribution in [0.3, 0.4) is 0 Å². The molecule has 1 heterocycles. The quantitative estimate of drug-likeness (QED) is 0.731. The molecule has 2 rings (SSSR count). The molecule has 0 bridgehead atoms. The van der Waals surface area contributed by atoms with Gasteiger partial charge in [0.25, 0.3) is 0 Å². The molecule has 0 unspecified atom stereocenters. The van der Waals surface area contributed by atoms with Gasteiger partial charge in [0.05, 0.1) is 7.11 Å². The molecule has 2 N–H and O–H groups in total. The molecule has 1 aromatic carbocycles. The van der Waals surface area contributed by atoms with Gasteiger partial charge in [-0.15, -0.1) is 0 Å². The maximum Gasteiger partial charge on any atom is 0.221 e. The topological polar surface area (TPSA) is 63.2 Å². The zero-order valence-corrected chi connectivity index (χ0v) is 12.7. The molecule has 5 nitrogen and oxygen atoms in total. The Balaban J connectivity index is 1.61. The first-order valence-electron chi connectivity index (χ1n) is 7.27. The Morgan fingerprint density at radius 2 is 1.95 bits per heavy atom. The SMILES string of the molecule is COc1ccc(CNC(=O)CCNCc2cccnc2)cc1. The molecular weight excluding hydrogens is 278 g/mol. The molecule has 0 aliphatic heterocycles. The van der Waals surface area contributed by atoms with Gasteiger partial charge >= 0.3 is 0 Å². The number of carbonyl (C=O) groups is 1. The van der Waals surface area contributed by atoms with Crippen molar-refractivity contribution in [3.05, 3.63) is 59.9 Å². The van der Waals surface area contributed by atoms with Crippen molar-refractivity contribution >= 4 is 5.91 Å². The second-order valence-corrected chi connectivity index (χ2v) is 4.91. The number of nitrogens with zero attached hydrogens (tertiary/aromatic N) is 1. The van der Waals surface area contributed by atoms with Gasteiger partial charge in [-0.25, -0.2) is 0 Å². The number of benzene rings is 1. The van der Waals surface area contributed by atoms with Crippen LogP contribution < -0.4 is 15.4 Å². The molecule has 2 aromatic rings. The lowest BCUT2D eigenvalue weighted by molar-refractivity contribution is -0.121. The lowest BCUT2D eigenvalue weighted by atomic mass is 10.2. The first-order chi connectivity index (χ1) is 10.8. The third kappa shape index (κ3) is 5.54. The zero-order chi connectivity index (χ0) is 15.6. The summed E-state index contributed by atoms with van der Waals surface area (Å²) in [5.41, 5.74) is 2.17. The van der Waals surface area contributed by atoms with Gasteiger partial charge in [-0.2, -0.15) is 0 Å². The number of ether oxygens (including phenoxy) is 1. The molecule has 5 heteroatoms. The van der Waals surface area contributed by atoms with Crippen LogP contribution in [0.1, 0.15) is 17.5 Å². The van der Waals surface area contributed by atoms with Crippen LogP contribution in [0, 0.1) is 0 Å². The zero-order valence-electron chi connectivity index (χ0n) is 12.7. The van der Waals surface area contributed by atoms with Gasteiger partial charge in [0.2, 0.25) is 5.91 Å². The molecule has 0 atom stereocenters. The fourth-order valence-corrected chi connectivity index (χ4v) is 1.97. The molecule has 1 amide bonds. The van der Waals surface area contributed by atoms with Crippen LogP contribution in [0.4, 0.5) is 0 Å². The van der Waals surface area contributed by atoms with E-state index in [0.29, 0.717) is 19.5 Å². The summed E-state index contributed by atoms with van der Waals surface area (Å²) in [5.74, 6) is 0.851. The lowest BCUT2D eigenvalue weighted by Crippen LogP contribution is -2.27.